The molecule has 3 aromatic rings. The van der Waals surface area contributed by atoms with Gasteiger partial charge in [0.05, 0.1) is 11.0 Å². The highest BCUT2D eigenvalue weighted by atomic mass is 32.1. The Morgan fingerprint density at radius 3 is 2.32 bits per heavy atom. The number of aromatic nitrogens is 2. The molecule has 1 aromatic heterocycles. The number of thiocarbonyl (C=S) groups is 1. The number of hydrogen-bond acceptors (Lipinski definition) is 3. The second-order valence-corrected chi connectivity index (χ2v) is 12.6. The molecule has 1 N–H and O–H groups in total. The summed E-state index contributed by atoms with van der Waals surface area (Å²) in [5.41, 5.74) is 4.20. The van der Waals surface area contributed by atoms with Gasteiger partial charge in [0.25, 0.3) is 0 Å². The lowest BCUT2D eigenvalue weighted by Gasteiger charge is -2.46. The van der Waals surface area contributed by atoms with Crippen LogP contribution in [0.4, 0.5) is 0 Å². The standard InChI is InChI=1S/C32H43N5S/c1-23(2)33-31(38)35-18-15-32(16-19-35,25-9-5-4-6-10-25)17-20-36-26-13-14-27(36)22-28(21-26)37-24(3)34-29-11-7-8-12-30(29)37/h4-12,23,26-28H,13-22H2,1-3H3,(H,33,38)/t26-,27+,28?. The van der Waals surface area contributed by atoms with E-state index in [0.717, 1.165) is 23.7 Å². The number of hydrogen-bond donors (Lipinski definition) is 1. The van der Waals surface area contributed by atoms with Crippen molar-refractivity contribution in [2.24, 2.45) is 0 Å². The molecule has 2 aromatic carbocycles. The van der Waals surface area contributed by atoms with Crippen LogP contribution in [-0.2, 0) is 5.41 Å². The summed E-state index contributed by atoms with van der Waals surface area (Å²) >= 11 is 5.73. The van der Waals surface area contributed by atoms with Gasteiger partial charge in [-0.15, -0.1) is 0 Å². The van der Waals surface area contributed by atoms with E-state index in [-0.39, 0.29) is 5.41 Å². The lowest BCUT2D eigenvalue weighted by atomic mass is 9.70. The van der Waals surface area contributed by atoms with E-state index in [1.54, 1.807) is 0 Å². The van der Waals surface area contributed by atoms with Crippen molar-refractivity contribution in [1.29, 1.82) is 0 Å². The highest BCUT2D eigenvalue weighted by Gasteiger charge is 2.44. The van der Waals surface area contributed by atoms with Gasteiger partial charge in [0.2, 0.25) is 0 Å². The number of rotatable bonds is 6. The molecular weight excluding hydrogens is 486 g/mol. The molecule has 0 spiro atoms. The summed E-state index contributed by atoms with van der Waals surface area (Å²) in [5, 5.41) is 4.38. The molecule has 1 unspecified atom stereocenters. The van der Waals surface area contributed by atoms with Gasteiger partial charge in [-0.1, -0.05) is 42.5 Å². The van der Waals surface area contributed by atoms with Gasteiger partial charge in [-0.25, -0.2) is 4.98 Å². The topological polar surface area (TPSA) is 36.3 Å². The largest absolute Gasteiger partial charge is 0.360 e. The molecular formula is C32H43N5S. The first-order chi connectivity index (χ1) is 18.4. The number of aryl methyl sites for hydroxylation is 1. The molecule has 0 amide bonds. The number of nitrogens with one attached hydrogen (secondary N) is 1. The third kappa shape index (κ3) is 4.86. The quantitative estimate of drug-likeness (QED) is 0.384. The summed E-state index contributed by atoms with van der Waals surface area (Å²) in [4.78, 5) is 10.2. The first-order valence-corrected chi connectivity index (χ1v) is 15.1. The van der Waals surface area contributed by atoms with E-state index in [1.807, 2.05) is 0 Å². The van der Waals surface area contributed by atoms with Gasteiger partial charge >= 0.3 is 0 Å². The summed E-state index contributed by atoms with van der Waals surface area (Å²) in [7, 11) is 0. The Balaban J connectivity index is 1.16. The number of nitrogens with zero attached hydrogens (tertiary/aromatic N) is 4. The molecule has 0 saturated carbocycles. The van der Waals surface area contributed by atoms with E-state index in [4.69, 9.17) is 17.2 Å². The zero-order valence-corrected chi connectivity index (χ0v) is 24.1. The molecule has 4 heterocycles. The van der Waals surface area contributed by atoms with Crippen molar-refractivity contribution in [3.05, 3.63) is 66.0 Å². The maximum atomic E-state index is 5.73. The minimum Gasteiger partial charge on any atom is -0.360 e. The number of likely N-dealkylation sites (tertiary alicyclic amines) is 1. The van der Waals surface area contributed by atoms with Crippen molar-refractivity contribution < 1.29 is 0 Å². The van der Waals surface area contributed by atoms with E-state index in [2.05, 4.69) is 95.1 Å². The first-order valence-electron chi connectivity index (χ1n) is 14.7. The van der Waals surface area contributed by atoms with Crippen LogP contribution in [0.5, 0.6) is 0 Å². The van der Waals surface area contributed by atoms with Crippen LogP contribution in [0.15, 0.2) is 54.6 Å². The Hall–Kier alpha value is -2.44. The van der Waals surface area contributed by atoms with Crippen LogP contribution in [0.1, 0.15) is 76.2 Å². The van der Waals surface area contributed by atoms with E-state index >= 15 is 0 Å². The fraction of sp³-hybridized carbons (Fsp3) is 0.562. The Bertz CT molecular complexity index is 1250. The van der Waals surface area contributed by atoms with E-state index in [9.17, 15) is 0 Å². The summed E-state index contributed by atoms with van der Waals surface area (Å²) in [5.74, 6) is 1.17. The van der Waals surface area contributed by atoms with Gasteiger partial charge in [0, 0.05) is 37.3 Å². The van der Waals surface area contributed by atoms with Crippen LogP contribution in [0, 0.1) is 6.92 Å². The first kappa shape index (κ1) is 25.8. The highest BCUT2D eigenvalue weighted by Crippen LogP contribution is 2.45. The smallest absolute Gasteiger partial charge is 0.169 e. The number of fused-ring (bicyclic) bond motifs is 3. The lowest BCUT2D eigenvalue weighted by molar-refractivity contribution is 0.0887. The molecule has 3 aliphatic rings. The molecule has 0 radical (unpaired) electrons. The van der Waals surface area contributed by atoms with Crippen molar-refractivity contribution >= 4 is 28.4 Å². The van der Waals surface area contributed by atoms with E-state index in [1.165, 1.54) is 68.4 Å². The normalized spacial score (nSPS) is 25.3. The molecule has 3 fully saturated rings. The van der Waals surface area contributed by atoms with Gasteiger partial charge in [-0.2, -0.15) is 0 Å². The second kappa shape index (κ2) is 10.6. The van der Waals surface area contributed by atoms with Crippen LogP contribution in [0.3, 0.4) is 0 Å². The Morgan fingerprint density at radius 2 is 1.63 bits per heavy atom. The zero-order valence-electron chi connectivity index (χ0n) is 23.3. The van der Waals surface area contributed by atoms with Crippen LogP contribution in [0.25, 0.3) is 11.0 Å². The molecule has 2 bridgehead atoms. The third-order valence-corrected chi connectivity index (χ3v) is 10.0. The molecule has 0 aliphatic carbocycles. The zero-order chi connectivity index (χ0) is 26.3. The van der Waals surface area contributed by atoms with Crippen LogP contribution < -0.4 is 5.32 Å². The molecule has 3 saturated heterocycles. The fourth-order valence-electron chi connectivity index (χ4n) is 7.74. The van der Waals surface area contributed by atoms with E-state index in [0.29, 0.717) is 24.2 Å². The predicted molar refractivity (Wildman–Crippen MR) is 161 cm³/mol. The van der Waals surface area contributed by atoms with Gasteiger partial charge in [0.15, 0.2) is 5.11 Å². The van der Waals surface area contributed by atoms with Gasteiger partial charge in [0.1, 0.15) is 5.82 Å². The monoisotopic (exact) mass is 529 g/mol. The maximum absolute atomic E-state index is 5.73. The van der Waals surface area contributed by atoms with Crippen molar-refractivity contribution in [2.45, 2.75) is 95.3 Å². The molecule has 3 atom stereocenters. The summed E-state index contributed by atoms with van der Waals surface area (Å²) < 4.78 is 2.55. The molecule has 5 nitrogen and oxygen atoms in total. The van der Waals surface area contributed by atoms with Crippen molar-refractivity contribution in [3.63, 3.8) is 0 Å². The van der Waals surface area contributed by atoms with Crippen LogP contribution >= 0.6 is 12.2 Å². The fourth-order valence-corrected chi connectivity index (χ4v) is 8.16. The maximum Gasteiger partial charge on any atom is 0.169 e. The highest BCUT2D eigenvalue weighted by molar-refractivity contribution is 7.80. The van der Waals surface area contributed by atoms with Crippen molar-refractivity contribution in [3.8, 4) is 0 Å². The van der Waals surface area contributed by atoms with Crippen LogP contribution in [-0.4, -0.2) is 62.2 Å². The van der Waals surface area contributed by atoms with Gasteiger partial charge in [-0.05, 0) is 108 Å². The number of piperidine rings is 2. The van der Waals surface area contributed by atoms with Crippen molar-refractivity contribution in [1.82, 2.24) is 24.7 Å². The van der Waals surface area contributed by atoms with Gasteiger partial charge in [-0.3, -0.25) is 4.90 Å². The summed E-state index contributed by atoms with van der Waals surface area (Å²) in [6, 6.07) is 22.3. The number of benzene rings is 2. The average Bonchev–Trinajstić information content (AvgIpc) is 3.38. The minimum atomic E-state index is 0.235. The Labute approximate surface area is 233 Å². The molecule has 38 heavy (non-hydrogen) atoms. The minimum absolute atomic E-state index is 0.235. The lowest BCUT2D eigenvalue weighted by Crippen LogP contribution is -2.51. The van der Waals surface area contributed by atoms with Crippen molar-refractivity contribution in [2.75, 3.05) is 19.6 Å². The van der Waals surface area contributed by atoms with E-state index < -0.39 is 0 Å². The second-order valence-electron chi connectivity index (χ2n) is 12.3. The summed E-state index contributed by atoms with van der Waals surface area (Å²) in [6.07, 6.45) is 8.76. The number of para-hydroxylation sites is 2. The number of imidazole rings is 1. The van der Waals surface area contributed by atoms with Gasteiger partial charge < -0.3 is 14.8 Å². The van der Waals surface area contributed by atoms with Crippen LogP contribution in [0.2, 0.25) is 0 Å². The third-order valence-electron chi connectivity index (χ3n) is 9.65. The molecule has 3 aliphatic heterocycles. The predicted octanol–water partition coefficient (Wildman–Crippen LogP) is 6.22. The average molecular weight is 530 g/mol. The molecule has 6 heteroatoms. The SMILES string of the molecule is Cc1nc2ccccc2n1C1C[C@H]2CC[C@@H](C1)N2CCC1(c2ccccc2)CCN(C(=S)NC(C)C)CC1. The Kier molecular flexibility index (Phi) is 7.21. The molecule has 202 valence electrons. The molecule has 6 rings (SSSR count). The summed E-state index contributed by atoms with van der Waals surface area (Å²) in [6.45, 7) is 9.80. The Morgan fingerprint density at radius 1 is 0.974 bits per heavy atom.